The van der Waals surface area contributed by atoms with Crippen molar-refractivity contribution < 1.29 is 47.3 Å². The summed E-state index contributed by atoms with van der Waals surface area (Å²) in [5.74, 6) is -2.45. The summed E-state index contributed by atoms with van der Waals surface area (Å²) in [6.45, 7) is 0. The van der Waals surface area contributed by atoms with Crippen LogP contribution in [0.1, 0.15) is 0 Å². The van der Waals surface area contributed by atoms with Crippen LogP contribution in [0.2, 0.25) is 0 Å². The highest BCUT2D eigenvalue weighted by molar-refractivity contribution is 7.86. The molecule has 0 aliphatic carbocycles. The lowest BCUT2D eigenvalue weighted by molar-refractivity contribution is 0.356. The molecule has 11 nitrogen and oxygen atoms in total. The van der Waals surface area contributed by atoms with Crippen LogP contribution in [0.25, 0.3) is 0 Å². The molecule has 1 rings (SSSR count). The molecule has 1 aromatic rings. The van der Waals surface area contributed by atoms with E-state index >= 15 is 0 Å². The second-order valence-corrected chi connectivity index (χ2v) is 6.51. The molecular formula is C6H6O11S3. The van der Waals surface area contributed by atoms with Crippen LogP contribution in [0.3, 0.4) is 0 Å². The monoisotopic (exact) mass is 350 g/mol. The Morgan fingerprint density at radius 1 is 0.800 bits per heavy atom. The van der Waals surface area contributed by atoms with Crippen LogP contribution < -0.4 is 8.37 Å². The smallest absolute Gasteiger partial charge is 0.358 e. The van der Waals surface area contributed by atoms with E-state index in [1.165, 1.54) is 0 Å². The molecule has 0 unspecified atom stereocenters. The van der Waals surface area contributed by atoms with E-state index in [1.807, 2.05) is 0 Å². The van der Waals surface area contributed by atoms with E-state index in [0.29, 0.717) is 12.1 Å². The van der Waals surface area contributed by atoms with Crippen LogP contribution in [0.4, 0.5) is 0 Å². The molecule has 0 fully saturated rings. The first-order valence-corrected chi connectivity index (χ1v) is 8.41. The maximum absolute atomic E-state index is 11.0. The van der Waals surface area contributed by atoms with Crippen molar-refractivity contribution in [1.82, 2.24) is 0 Å². The van der Waals surface area contributed by atoms with Gasteiger partial charge in [0.1, 0.15) is 4.90 Å². The van der Waals surface area contributed by atoms with Gasteiger partial charge in [0.25, 0.3) is 10.1 Å². The van der Waals surface area contributed by atoms with Gasteiger partial charge in [-0.2, -0.15) is 25.3 Å². The summed E-state index contributed by atoms with van der Waals surface area (Å²) in [5.41, 5.74) is 0. The number of para-hydroxylation sites is 1. The molecule has 0 aromatic heterocycles. The topological polar surface area (TPSA) is 182 Å². The minimum absolute atomic E-state index is 0.632. The van der Waals surface area contributed by atoms with Crippen LogP contribution in [0.5, 0.6) is 11.5 Å². The largest absolute Gasteiger partial charge is 0.446 e. The van der Waals surface area contributed by atoms with Gasteiger partial charge in [-0.15, -0.1) is 0 Å². The third kappa shape index (κ3) is 4.91. The van der Waals surface area contributed by atoms with E-state index in [0.717, 1.165) is 6.07 Å². The van der Waals surface area contributed by atoms with E-state index in [4.69, 9.17) is 13.7 Å². The Hall–Kier alpha value is -1.45. The molecule has 0 aliphatic heterocycles. The highest BCUT2D eigenvalue weighted by Gasteiger charge is 2.26. The van der Waals surface area contributed by atoms with Crippen molar-refractivity contribution in [3.63, 3.8) is 0 Å². The first-order valence-electron chi connectivity index (χ1n) is 4.24. The van der Waals surface area contributed by atoms with Crippen molar-refractivity contribution in [2.75, 3.05) is 0 Å². The van der Waals surface area contributed by atoms with Gasteiger partial charge in [-0.1, -0.05) is 6.07 Å². The molecule has 20 heavy (non-hydrogen) atoms. The Morgan fingerprint density at radius 3 is 1.70 bits per heavy atom. The molecule has 0 aliphatic rings. The van der Waals surface area contributed by atoms with Crippen molar-refractivity contribution in [3.05, 3.63) is 18.2 Å². The van der Waals surface area contributed by atoms with Crippen molar-refractivity contribution in [1.29, 1.82) is 0 Å². The molecular weight excluding hydrogens is 344 g/mol. The first-order chi connectivity index (χ1) is 8.80. The van der Waals surface area contributed by atoms with Crippen LogP contribution in [0, 0.1) is 0 Å². The van der Waals surface area contributed by atoms with Gasteiger partial charge in [0.2, 0.25) is 5.75 Å². The predicted octanol–water partition coefficient (Wildman–Crippen LogP) is -0.703. The summed E-state index contributed by atoms with van der Waals surface area (Å²) in [7, 11) is -15.5. The minimum Gasteiger partial charge on any atom is -0.358 e. The molecule has 114 valence electrons. The maximum Gasteiger partial charge on any atom is 0.446 e. The first kappa shape index (κ1) is 16.6. The average Bonchev–Trinajstić information content (AvgIpc) is 2.14. The van der Waals surface area contributed by atoms with Gasteiger partial charge >= 0.3 is 20.8 Å². The summed E-state index contributed by atoms with van der Waals surface area (Å²) in [5, 5.41) is 0. The van der Waals surface area contributed by atoms with Crippen molar-refractivity contribution >= 4 is 30.9 Å². The molecule has 0 saturated heterocycles. The normalized spacial score (nSPS) is 12.9. The van der Waals surface area contributed by atoms with Crippen molar-refractivity contribution in [2.24, 2.45) is 0 Å². The maximum atomic E-state index is 11.0. The van der Waals surface area contributed by atoms with Crippen LogP contribution in [-0.4, -0.2) is 38.9 Å². The van der Waals surface area contributed by atoms with Crippen molar-refractivity contribution in [3.8, 4) is 11.5 Å². The average molecular weight is 350 g/mol. The van der Waals surface area contributed by atoms with E-state index in [1.54, 1.807) is 0 Å². The molecule has 0 heterocycles. The summed E-state index contributed by atoms with van der Waals surface area (Å²) in [4.78, 5) is -1.21. The van der Waals surface area contributed by atoms with E-state index in [2.05, 4.69) is 8.37 Å². The lowest BCUT2D eigenvalue weighted by atomic mass is 10.3. The Labute approximate surface area is 113 Å². The lowest BCUT2D eigenvalue weighted by Crippen LogP contribution is -2.14. The number of benzene rings is 1. The second kappa shape index (κ2) is 5.15. The Bertz CT molecular complexity index is 817. The fourth-order valence-electron chi connectivity index (χ4n) is 1.07. The van der Waals surface area contributed by atoms with Crippen LogP contribution in [-0.2, 0) is 30.9 Å². The second-order valence-electron chi connectivity index (χ2n) is 3.08. The quantitative estimate of drug-likeness (QED) is 0.571. The van der Waals surface area contributed by atoms with Gasteiger partial charge in [0, 0.05) is 0 Å². The van der Waals surface area contributed by atoms with E-state index in [-0.39, 0.29) is 0 Å². The number of hydrogen-bond acceptors (Lipinski definition) is 8. The molecule has 0 radical (unpaired) electrons. The summed E-state index contributed by atoms with van der Waals surface area (Å²) >= 11 is 0. The molecule has 1 aromatic carbocycles. The molecule has 0 saturated carbocycles. The Balaban J connectivity index is 3.61. The highest BCUT2D eigenvalue weighted by atomic mass is 32.3. The summed E-state index contributed by atoms with van der Waals surface area (Å²) in [6, 6.07) is 2.18. The molecule has 0 spiro atoms. The Kier molecular flexibility index (Phi) is 4.28. The fourth-order valence-corrected chi connectivity index (χ4v) is 2.49. The zero-order valence-corrected chi connectivity index (χ0v) is 11.5. The van der Waals surface area contributed by atoms with Crippen LogP contribution >= 0.6 is 0 Å². The minimum atomic E-state index is -5.27. The summed E-state index contributed by atoms with van der Waals surface area (Å²) in [6.07, 6.45) is 0. The van der Waals surface area contributed by atoms with E-state index in [9.17, 15) is 25.3 Å². The van der Waals surface area contributed by atoms with Gasteiger partial charge < -0.3 is 8.37 Å². The SMILES string of the molecule is O=S(=O)(O)Oc1cccc(S(=O)(=O)O)c1OS(=O)(=O)O. The zero-order chi connectivity index (χ0) is 15.8. The van der Waals surface area contributed by atoms with Gasteiger partial charge in [-0.3, -0.25) is 13.7 Å². The van der Waals surface area contributed by atoms with Crippen LogP contribution in [0.15, 0.2) is 23.1 Å². The lowest BCUT2D eigenvalue weighted by Gasteiger charge is -2.10. The van der Waals surface area contributed by atoms with E-state index < -0.39 is 47.3 Å². The Morgan fingerprint density at radius 2 is 1.30 bits per heavy atom. The standard InChI is InChI=1S/C6H6O11S3/c7-18(8,9)5-3-1-2-4(16-19(10,11)12)6(5)17-20(13,14)15/h1-3H,(H,7,8,9)(H,10,11,12)(H,13,14,15). The third-order valence-electron chi connectivity index (χ3n) is 1.60. The highest BCUT2D eigenvalue weighted by Crippen LogP contribution is 2.35. The van der Waals surface area contributed by atoms with Gasteiger partial charge in [0.05, 0.1) is 0 Å². The van der Waals surface area contributed by atoms with Gasteiger partial charge in [-0.05, 0) is 12.1 Å². The van der Waals surface area contributed by atoms with Gasteiger partial charge in [-0.25, -0.2) is 0 Å². The van der Waals surface area contributed by atoms with Crippen molar-refractivity contribution in [2.45, 2.75) is 4.90 Å². The third-order valence-corrected chi connectivity index (χ3v) is 3.25. The molecule has 0 amide bonds. The number of rotatable bonds is 5. The summed E-state index contributed by atoms with van der Waals surface area (Å²) < 4.78 is 97.7. The number of hydrogen-bond donors (Lipinski definition) is 3. The molecule has 14 heteroatoms. The predicted molar refractivity (Wildman–Crippen MR) is 60.6 cm³/mol. The molecule has 3 N–H and O–H groups in total. The zero-order valence-electron chi connectivity index (χ0n) is 9.06. The van der Waals surface area contributed by atoms with Gasteiger partial charge in [0.15, 0.2) is 5.75 Å². The molecule has 0 bridgehead atoms. The molecule has 0 atom stereocenters. The fraction of sp³-hybridized carbons (Fsp3) is 0.